The van der Waals surface area contributed by atoms with Gasteiger partial charge >= 0.3 is 0 Å². The van der Waals surface area contributed by atoms with E-state index in [9.17, 15) is 18.0 Å². The van der Waals surface area contributed by atoms with E-state index in [-0.39, 0.29) is 28.5 Å². The molecule has 156 valence electrons. The Balaban J connectivity index is 1.67. The summed E-state index contributed by atoms with van der Waals surface area (Å²) in [6, 6.07) is 8.06. The van der Waals surface area contributed by atoms with Gasteiger partial charge in [-0.1, -0.05) is 6.07 Å². The molecule has 1 aromatic heterocycles. The van der Waals surface area contributed by atoms with Gasteiger partial charge in [0, 0.05) is 31.7 Å². The van der Waals surface area contributed by atoms with Crippen LogP contribution >= 0.6 is 0 Å². The average Bonchev–Trinajstić information content (AvgIpc) is 3.10. The molecule has 9 heteroatoms. The summed E-state index contributed by atoms with van der Waals surface area (Å²) >= 11 is 0. The van der Waals surface area contributed by atoms with Crippen molar-refractivity contribution in [2.75, 3.05) is 18.4 Å². The minimum atomic E-state index is -3.70. The zero-order chi connectivity index (χ0) is 21.2. The first-order valence-electron chi connectivity index (χ1n) is 9.42. The van der Waals surface area contributed by atoms with Gasteiger partial charge in [0.1, 0.15) is 5.76 Å². The van der Waals surface area contributed by atoms with Crippen LogP contribution in [0.15, 0.2) is 39.6 Å². The van der Waals surface area contributed by atoms with E-state index < -0.39 is 10.0 Å². The molecule has 2 heterocycles. The highest BCUT2D eigenvalue weighted by atomic mass is 32.2. The highest BCUT2D eigenvalue weighted by Gasteiger charge is 2.31. The Morgan fingerprint density at radius 3 is 2.38 bits per heavy atom. The van der Waals surface area contributed by atoms with Gasteiger partial charge in [-0.05, 0) is 56.5 Å². The second-order valence-corrected chi connectivity index (χ2v) is 9.13. The van der Waals surface area contributed by atoms with Crippen LogP contribution in [0.3, 0.4) is 0 Å². The summed E-state index contributed by atoms with van der Waals surface area (Å²) in [5.41, 5.74) is 1.06. The normalized spacial score (nSPS) is 15.8. The molecule has 0 saturated carbocycles. The van der Waals surface area contributed by atoms with E-state index in [2.05, 4.69) is 10.6 Å². The molecule has 3 rings (SSSR count). The average molecular weight is 420 g/mol. The summed E-state index contributed by atoms with van der Waals surface area (Å²) in [6.45, 7) is 5.46. The summed E-state index contributed by atoms with van der Waals surface area (Å²) in [5, 5.41) is 5.52. The third kappa shape index (κ3) is 4.86. The molecule has 2 N–H and O–H groups in total. The van der Waals surface area contributed by atoms with E-state index in [0.717, 1.165) is 0 Å². The third-order valence-corrected chi connectivity index (χ3v) is 6.92. The van der Waals surface area contributed by atoms with E-state index in [4.69, 9.17) is 4.42 Å². The van der Waals surface area contributed by atoms with Crippen molar-refractivity contribution in [2.45, 2.75) is 44.6 Å². The number of nitrogens with one attached hydrogen (secondary N) is 2. The first-order valence-corrected chi connectivity index (χ1v) is 10.9. The van der Waals surface area contributed by atoms with Crippen molar-refractivity contribution in [3.63, 3.8) is 0 Å². The highest BCUT2D eigenvalue weighted by molar-refractivity contribution is 7.89. The van der Waals surface area contributed by atoms with Crippen molar-refractivity contribution < 1.29 is 22.4 Å². The molecule has 8 nitrogen and oxygen atoms in total. The number of aryl methyl sites for hydroxylation is 2. The maximum atomic E-state index is 13.1. The molecule has 0 aliphatic carbocycles. The Morgan fingerprint density at radius 1 is 1.10 bits per heavy atom. The summed E-state index contributed by atoms with van der Waals surface area (Å²) in [6.07, 6.45) is 1.02. The molecule has 1 aliphatic heterocycles. The zero-order valence-electron chi connectivity index (χ0n) is 16.7. The van der Waals surface area contributed by atoms with Crippen LogP contribution in [0.2, 0.25) is 0 Å². The number of carbonyl (C=O) groups excluding carboxylic acids is 2. The van der Waals surface area contributed by atoms with Gasteiger partial charge in [0.25, 0.3) is 5.91 Å². The smallest absolute Gasteiger partial charge is 0.287 e. The largest absolute Gasteiger partial charge is 0.456 e. The van der Waals surface area contributed by atoms with Gasteiger partial charge in [-0.15, -0.1) is 0 Å². The SMILES string of the molecule is CC(=O)Nc1ccc(C)c(S(=O)(=O)N2CCC(NC(=O)c3ccc(C)o3)CC2)c1. The monoisotopic (exact) mass is 419 g/mol. The zero-order valence-corrected chi connectivity index (χ0v) is 17.5. The molecule has 1 aliphatic rings. The lowest BCUT2D eigenvalue weighted by Crippen LogP contribution is -2.46. The molecule has 1 aromatic carbocycles. The van der Waals surface area contributed by atoms with E-state index in [1.165, 1.54) is 17.3 Å². The lowest BCUT2D eigenvalue weighted by molar-refractivity contribution is -0.114. The minimum absolute atomic E-state index is 0.119. The fourth-order valence-corrected chi connectivity index (χ4v) is 5.07. The van der Waals surface area contributed by atoms with Gasteiger partial charge in [0.05, 0.1) is 4.90 Å². The Labute approximate surface area is 170 Å². The molecule has 0 atom stereocenters. The number of amides is 2. The molecule has 0 bridgehead atoms. The van der Waals surface area contributed by atoms with Crippen LogP contribution in [-0.2, 0) is 14.8 Å². The fourth-order valence-electron chi connectivity index (χ4n) is 3.35. The van der Waals surface area contributed by atoms with Crippen molar-refractivity contribution >= 4 is 27.5 Å². The Bertz CT molecular complexity index is 1020. The van der Waals surface area contributed by atoms with Crippen LogP contribution in [0.4, 0.5) is 5.69 Å². The van der Waals surface area contributed by atoms with Crippen molar-refractivity contribution in [3.05, 3.63) is 47.4 Å². The molecule has 2 aromatic rings. The standard InChI is InChI=1S/C20H25N3O5S/c1-13-4-6-17(21-15(3)24)12-19(13)29(26,27)23-10-8-16(9-11-23)22-20(25)18-7-5-14(2)28-18/h4-7,12,16H,8-11H2,1-3H3,(H,21,24)(H,22,25). The lowest BCUT2D eigenvalue weighted by Gasteiger charge is -2.31. The number of carbonyl (C=O) groups is 2. The van der Waals surface area contributed by atoms with Gasteiger partial charge in [0.2, 0.25) is 15.9 Å². The number of nitrogens with zero attached hydrogens (tertiary/aromatic N) is 1. The van der Waals surface area contributed by atoms with Crippen molar-refractivity contribution in [3.8, 4) is 0 Å². The van der Waals surface area contributed by atoms with E-state index in [1.807, 2.05) is 0 Å². The fraction of sp³-hybridized carbons (Fsp3) is 0.400. The number of piperidine rings is 1. The van der Waals surface area contributed by atoms with Gasteiger partial charge in [0.15, 0.2) is 5.76 Å². The summed E-state index contributed by atoms with van der Waals surface area (Å²) in [5.74, 6) is 0.356. The summed E-state index contributed by atoms with van der Waals surface area (Å²) in [7, 11) is -3.70. The lowest BCUT2D eigenvalue weighted by atomic mass is 10.1. The molecule has 1 fully saturated rings. The number of hydrogen-bond donors (Lipinski definition) is 2. The van der Waals surface area contributed by atoms with Gasteiger partial charge < -0.3 is 15.1 Å². The second kappa shape index (κ2) is 8.38. The van der Waals surface area contributed by atoms with Crippen LogP contribution in [0.1, 0.15) is 41.6 Å². The Morgan fingerprint density at radius 2 is 1.79 bits per heavy atom. The molecular formula is C20H25N3O5S. The number of furan rings is 1. The van der Waals surface area contributed by atoms with Crippen LogP contribution in [0.5, 0.6) is 0 Å². The van der Waals surface area contributed by atoms with Crippen LogP contribution < -0.4 is 10.6 Å². The predicted octanol–water partition coefficient (Wildman–Crippen LogP) is 2.44. The van der Waals surface area contributed by atoms with Crippen molar-refractivity contribution in [1.82, 2.24) is 9.62 Å². The maximum Gasteiger partial charge on any atom is 0.287 e. The van der Waals surface area contributed by atoms with Gasteiger partial charge in [-0.25, -0.2) is 8.42 Å². The second-order valence-electron chi connectivity index (χ2n) is 7.22. The number of sulfonamides is 1. The molecule has 1 saturated heterocycles. The number of benzene rings is 1. The first kappa shape index (κ1) is 21.1. The molecule has 2 amide bonds. The Kier molecular flexibility index (Phi) is 6.09. The molecule has 0 radical (unpaired) electrons. The van der Waals surface area contributed by atoms with Crippen molar-refractivity contribution in [2.24, 2.45) is 0 Å². The maximum absolute atomic E-state index is 13.1. The first-order chi connectivity index (χ1) is 13.7. The van der Waals surface area contributed by atoms with Gasteiger partial charge in [-0.2, -0.15) is 4.31 Å². The quantitative estimate of drug-likeness (QED) is 0.774. The summed E-state index contributed by atoms with van der Waals surface area (Å²) < 4.78 is 33.0. The van der Waals surface area contributed by atoms with Crippen LogP contribution in [0, 0.1) is 13.8 Å². The minimum Gasteiger partial charge on any atom is -0.456 e. The van der Waals surface area contributed by atoms with Crippen LogP contribution in [-0.4, -0.2) is 43.7 Å². The van der Waals surface area contributed by atoms with E-state index in [0.29, 0.717) is 42.9 Å². The molecular weight excluding hydrogens is 394 g/mol. The van der Waals surface area contributed by atoms with Crippen molar-refractivity contribution in [1.29, 1.82) is 0 Å². The molecule has 0 spiro atoms. The number of anilines is 1. The predicted molar refractivity (Wildman–Crippen MR) is 108 cm³/mol. The van der Waals surface area contributed by atoms with Gasteiger partial charge in [-0.3, -0.25) is 9.59 Å². The number of hydrogen-bond acceptors (Lipinski definition) is 5. The van der Waals surface area contributed by atoms with E-state index in [1.54, 1.807) is 38.1 Å². The van der Waals surface area contributed by atoms with Crippen LogP contribution in [0.25, 0.3) is 0 Å². The number of rotatable bonds is 5. The Hall–Kier alpha value is -2.65. The third-order valence-electron chi connectivity index (χ3n) is 4.88. The topological polar surface area (TPSA) is 109 Å². The molecule has 29 heavy (non-hydrogen) atoms. The highest BCUT2D eigenvalue weighted by Crippen LogP contribution is 2.26. The molecule has 0 unspecified atom stereocenters. The summed E-state index contributed by atoms with van der Waals surface area (Å²) in [4.78, 5) is 23.7. The van der Waals surface area contributed by atoms with E-state index >= 15 is 0 Å².